The van der Waals surface area contributed by atoms with Gasteiger partial charge in [-0.1, -0.05) is 49.0 Å². The van der Waals surface area contributed by atoms with E-state index in [1.165, 1.54) is 6.42 Å². The van der Waals surface area contributed by atoms with Gasteiger partial charge >= 0.3 is 0 Å². The van der Waals surface area contributed by atoms with E-state index in [0.29, 0.717) is 145 Å². The topological polar surface area (TPSA) is 328 Å². The van der Waals surface area contributed by atoms with Crippen molar-refractivity contribution < 1.29 is 122 Å². The van der Waals surface area contributed by atoms with Gasteiger partial charge in [0.25, 0.3) is 0 Å². The van der Waals surface area contributed by atoms with Crippen molar-refractivity contribution in [2.75, 3.05) is 192 Å². The normalized spacial score (nSPS) is 15.2. The van der Waals surface area contributed by atoms with Crippen LogP contribution in [-0.4, -0.2) is 351 Å². The first-order valence-electron chi connectivity index (χ1n) is 53.0. The summed E-state index contributed by atoms with van der Waals surface area (Å²) in [7, 11) is -21.2. The molecule has 0 aromatic carbocycles. The van der Waals surface area contributed by atoms with Crippen molar-refractivity contribution in [1.82, 2.24) is 0 Å². The van der Waals surface area contributed by atoms with Crippen LogP contribution in [0.1, 0.15) is 185 Å². The van der Waals surface area contributed by atoms with Crippen LogP contribution in [0, 0.1) is 16.2 Å². The predicted octanol–water partition coefficient (Wildman–Crippen LogP) is 22.5. The minimum absolute atomic E-state index is 0. The molecule has 38 heteroatoms. The highest BCUT2D eigenvalue weighted by Crippen LogP contribution is 2.34. The molecule has 0 saturated heterocycles. The van der Waals surface area contributed by atoms with Gasteiger partial charge in [-0.05, 0) is 366 Å². The molecule has 0 spiro atoms. The predicted molar refractivity (Wildman–Crippen MR) is 605 cm³/mol. The third-order valence-corrected chi connectivity index (χ3v) is 69.7. The van der Waals surface area contributed by atoms with E-state index < -0.39 is 118 Å². The first kappa shape index (κ1) is 147. The fourth-order valence-corrected chi connectivity index (χ4v) is 69.8. The van der Waals surface area contributed by atoms with Crippen LogP contribution < -0.4 is 0 Å². The molecule has 0 aliphatic heterocycles. The standard InChI is InChI=1S/C33H76O8Si4.2C32H74O9Si4.2CH4/c1-11-13-20-36-22-15-26-42(3,4)40-44(7,8)28-17-24-38-31-33(12-2,30-35)32-39-25-18-29-45(9,10)41-43(5,6)27-16-23-37-21-14-19-34;1-12-32(27-33,28-38-19-15-23-44(8,9)40-42(4,5)21-13-17-36-25-30(2)34)29-39-20-16-24-45(10,11)41-43(6,7)22-14-18-37-26-31(3)35;1-11-32(28-34,29-38-21-15-25-44(7,8)40-42(3,4)23-13-19-36-18-12-17-33)30-39-22-16-26-45(9,10)41-43(5,6)24-14-20-37-27-31(2)35;;/h34-35H,11-32H2,1-10H3;30-31,33-35H,12-29H2,1-11H3;31,33-35H,11-30H2,1-10H3;2*1H4. The lowest BCUT2D eigenvalue weighted by Crippen LogP contribution is -2.44. The molecule has 5 unspecified atom stereocenters. The van der Waals surface area contributed by atoms with Gasteiger partial charge in [-0.3, -0.25) is 0 Å². The first-order chi connectivity index (χ1) is 62.8. The fourth-order valence-electron chi connectivity index (χ4n) is 17.0. The molecule has 0 aromatic rings. The van der Waals surface area contributed by atoms with Gasteiger partial charge in [-0.15, -0.1) is 0 Å². The minimum atomic E-state index is -1.80. The summed E-state index contributed by atoms with van der Waals surface area (Å²) in [5.74, 6) is 0. The van der Waals surface area contributed by atoms with Gasteiger partial charge < -0.3 is 122 Å². The van der Waals surface area contributed by atoms with Crippen LogP contribution >= 0.6 is 0 Å². The molecule has 0 radical (unpaired) electrons. The van der Waals surface area contributed by atoms with E-state index in [4.69, 9.17) is 91.7 Å². The largest absolute Gasteiger partial charge is 0.455 e. The molecule has 0 aromatic heterocycles. The van der Waals surface area contributed by atoms with E-state index in [1.807, 2.05) is 0 Å². The minimum Gasteiger partial charge on any atom is -0.455 e. The lowest BCUT2D eigenvalue weighted by atomic mass is 9.88. The van der Waals surface area contributed by atoms with Crippen molar-refractivity contribution in [3.63, 3.8) is 0 Å². The Balaban J connectivity index is -0.000000631. The zero-order chi connectivity index (χ0) is 103. The maximum Gasteiger partial charge on any atom is 0.173 e. The maximum absolute atomic E-state index is 10.3. The van der Waals surface area contributed by atoms with Crippen molar-refractivity contribution in [2.24, 2.45) is 16.2 Å². The first-order valence-corrected chi connectivity index (χ1v) is 90.4. The van der Waals surface area contributed by atoms with Crippen LogP contribution in [0.2, 0.25) is 230 Å². The molecule has 137 heavy (non-hydrogen) atoms. The molecule has 26 nitrogen and oxygen atoms in total. The second kappa shape index (κ2) is 80.5. The summed E-state index contributed by atoms with van der Waals surface area (Å²) < 4.78 is 111. The number of ether oxygens (including phenoxy) is 12. The van der Waals surface area contributed by atoms with Crippen LogP contribution in [0.5, 0.6) is 0 Å². The van der Waals surface area contributed by atoms with E-state index in [0.717, 1.165) is 202 Å². The van der Waals surface area contributed by atoms with Gasteiger partial charge in [0.05, 0.1) is 97.6 Å². The van der Waals surface area contributed by atoms with Crippen molar-refractivity contribution in [2.45, 2.75) is 433 Å². The highest BCUT2D eigenvalue weighted by atomic mass is 28.4. The van der Waals surface area contributed by atoms with Crippen LogP contribution in [0.4, 0.5) is 0 Å². The number of unbranched alkanes of at least 4 members (excludes halogenated alkanes) is 1. The summed E-state index contributed by atoms with van der Waals surface area (Å²) in [4.78, 5) is 0. The Morgan fingerprint density at radius 2 is 0.328 bits per heavy atom. The quantitative estimate of drug-likeness (QED) is 0.0207. The van der Waals surface area contributed by atoms with Crippen LogP contribution in [0.25, 0.3) is 0 Å². The third kappa shape index (κ3) is 87.9. The van der Waals surface area contributed by atoms with Crippen molar-refractivity contribution in [1.29, 1.82) is 0 Å². The van der Waals surface area contributed by atoms with Gasteiger partial charge in [-0.25, -0.2) is 0 Å². The van der Waals surface area contributed by atoms with Crippen LogP contribution in [0.15, 0.2) is 0 Å². The summed E-state index contributed by atoms with van der Waals surface area (Å²) in [5, 5.41) is 76.5. The second-order valence-corrected chi connectivity index (χ2v) is 99.6. The molecule has 0 fully saturated rings. The zero-order valence-corrected chi connectivity index (χ0v) is 106. The Hall–Kier alpha value is 1.56. The molecule has 0 aliphatic carbocycles. The Morgan fingerprint density at radius 1 is 0.197 bits per heavy atom. The lowest BCUT2D eigenvalue weighted by Gasteiger charge is -2.35. The van der Waals surface area contributed by atoms with Gasteiger partial charge in [0.15, 0.2) is 99.8 Å². The Bertz CT molecular complexity index is 2610. The van der Waals surface area contributed by atoms with E-state index in [2.05, 4.69) is 185 Å². The monoisotopic (exact) mass is 2170 g/mol. The molecular formula is C99H232O26Si12. The number of aliphatic hydroxyl groups excluding tert-OH is 8. The molecule has 832 valence electrons. The van der Waals surface area contributed by atoms with Crippen LogP contribution in [-0.2, 0) is 81.5 Å². The van der Waals surface area contributed by atoms with E-state index in [9.17, 15) is 30.6 Å². The Labute approximate surface area is 857 Å². The van der Waals surface area contributed by atoms with Gasteiger partial charge in [-0.2, -0.15) is 0 Å². The molecule has 0 saturated carbocycles. The Kier molecular flexibility index (Phi) is 86.3. The number of hydrogen-bond donors (Lipinski definition) is 8. The molecule has 0 bridgehead atoms. The Morgan fingerprint density at radius 3 is 0.453 bits per heavy atom. The lowest BCUT2D eigenvalue weighted by molar-refractivity contribution is -0.0530. The average Bonchev–Trinajstić information content (AvgIpc) is 0.866. The smallest absolute Gasteiger partial charge is 0.173 e. The van der Waals surface area contributed by atoms with Gasteiger partial charge in [0.1, 0.15) is 0 Å². The fraction of sp³-hybridized carbons (Fsp3) is 1.00. The number of rotatable bonds is 93. The SMILES string of the molecule is C.C.CCC(CO)(COCCC[Si](C)(C)O[Si](C)(C)CCCOCC(C)O)COCCC[Si](C)(C)O[Si](C)(C)CCCOCC(C)O.CCC(CO)(COCCC[Si](C)(C)O[Si](C)(C)CCCOCCCO)COCCC[Si](C)(C)O[Si](C)(C)CCCOCC(C)O.CCCCOCCC[Si](C)(C)O[Si](C)(C)CCCOCC(CC)(CO)COCCC[Si](C)(C)O[Si](C)(C)CCCOCCCO. The maximum atomic E-state index is 10.3. The summed E-state index contributed by atoms with van der Waals surface area (Å²) >= 11 is 0. The summed E-state index contributed by atoms with van der Waals surface area (Å²) in [5.41, 5.74) is -1.09. The highest BCUT2D eigenvalue weighted by molar-refractivity contribution is 6.88. The van der Waals surface area contributed by atoms with Crippen molar-refractivity contribution >= 4 is 99.8 Å². The number of aliphatic hydroxyl groups is 8. The highest BCUT2D eigenvalue weighted by Gasteiger charge is 2.40. The van der Waals surface area contributed by atoms with E-state index in [1.54, 1.807) is 20.8 Å². The van der Waals surface area contributed by atoms with E-state index in [-0.39, 0.29) is 64.1 Å². The third-order valence-electron chi connectivity index (χ3n) is 24.4. The zero-order valence-electron chi connectivity index (χ0n) is 93.6. The summed E-state index contributed by atoms with van der Waals surface area (Å²) in [6.07, 6.45) is 16.8. The number of hydrogen-bond acceptors (Lipinski definition) is 26. The van der Waals surface area contributed by atoms with E-state index >= 15 is 0 Å². The molecular weight excluding hydrogens is 1940 g/mol. The molecule has 0 aliphatic rings. The second-order valence-electron chi connectivity index (χ2n) is 46.4. The van der Waals surface area contributed by atoms with Crippen molar-refractivity contribution in [3.8, 4) is 0 Å². The average molecular weight is 2180 g/mol. The molecule has 0 amide bonds. The molecule has 8 N–H and O–H groups in total. The summed E-state index contributed by atoms with van der Waals surface area (Å²) in [6.45, 7) is 84.5. The molecule has 0 heterocycles. The van der Waals surface area contributed by atoms with Crippen molar-refractivity contribution in [3.05, 3.63) is 0 Å². The molecule has 5 atom stereocenters. The van der Waals surface area contributed by atoms with Gasteiger partial charge in [0.2, 0.25) is 0 Å². The molecule has 0 rings (SSSR count). The summed E-state index contributed by atoms with van der Waals surface area (Å²) in [6, 6.07) is 12.9. The van der Waals surface area contributed by atoms with Gasteiger partial charge in [0, 0.05) is 129 Å². The van der Waals surface area contributed by atoms with Crippen LogP contribution in [0.3, 0.4) is 0 Å².